The molecule has 0 fully saturated rings. The standard InChI is InChI=1S/C8H16N2O3/c1-5(9)3-4-7(11)10-6(2)8(12)13/h5-6H,3-4,9H2,1-2H3,(H,10,11)(H,12,13). The van der Waals surface area contributed by atoms with Crippen LogP contribution >= 0.6 is 0 Å². The van der Waals surface area contributed by atoms with Crippen LogP contribution in [0, 0.1) is 0 Å². The van der Waals surface area contributed by atoms with Gasteiger partial charge in [0.2, 0.25) is 5.91 Å². The van der Waals surface area contributed by atoms with Crippen molar-refractivity contribution in [3.8, 4) is 0 Å². The summed E-state index contributed by atoms with van der Waals surface area (Å²) < 4.78 is 0. The molecule has 0 heterocycles. The molecule has 0 spiro atoms. The van der Waals surface area contributed by atoms with Gasteiger partial charge in [-0.3, -0.25) is 9.59 Å². The molecule has 0 saturated carbocycles. The van der Waals surface area contributed by atoms with E-state index in [1.807, 2.05) is 0 Å². The average Bonchev–Trinajstić information content (AvgIpc) is 2.00. The molecular formula is C8H16N2O3. The predicted octanol–water partition coefficient (Wildman–Crippen LogP) is -0.297. The summed E-state index contributed by atoms with van der Waals surface area (Å²) in [5.74, 6) is -1.30. The molecule has 0 radical (unpaired) electrons. The van der Waals surface area contributed by atoms with Crippen LogP contribution in [0.2, 0.25) is 0 Å². The second kappa shape index (κ2) is 5.53. The van der Waals surface area contributed by atoms with Gasteiger partial charge in [0.25, 0.3) is 0 Å². The van der Waals surface area contributed by atoms with E-state index in [1.165, 1.54) is 6.92 Å². The second-order valence-corrected chi connectivity index (χ2v) is 3.14. The van der Waals surface area contributed by atoms with Gasteiger partial charge in [-0.2, -0.15) is 0 Å². The first-order chi connectivity index (χ1) is 5.93. The number of carboxylic acids is 1. The van der Waals surface area contributed by atoms with E-state index in [-0.39, 0.29) is 18.4 Å². The average molecular weight is 188 g/mol. The minimum Gasteiger partial charge on any atom is -0.480 e. The summed E-state index contributed by atoms with van der Waals surface area (Å²) in [5, 5.41) is 10.8. The molecule has 5 heteroatoms. The van der Waals surface area contributed by atoms with E-state index in [4.69, 9.17) is 10.8 Å². The van der Waals surface area contributed by atoms with Crippen molar-refractivity contribution < 1.29 is 14.7 Å². The molecule has 0 aromatic heterocycles. The molecule has 13 heavy (non-hydrogen) atoms. The van der Waals surface area contributed by atoms with Crippen molar-refractivity contribution in [3.63, 3.8) is 0 Å². The minimum absolute atomic E-state index is 0.0362. The van der Waals surface area contributed by atoms with E-state index < -0.39 is 12.0 Å². The largest absolute Gasteiger partial charge is 0.480 e. The molecule has 0 saturated heterocycles. The van der Waals surface area contributed by atoms with Gasteiger partial charge >= 0.3 is 5.97 Å². The van der Waals surface area contributed by atoms with Crippen LogP contribution in [0.3, 0.4) is 0 Å². The number of aliphatic carboxylic acids is 1. The third-order valence-corrected chi connectivity index (χ3v) is 1.57. The number of nitrogens with two attached hydrogens (primary N) is 1. The number of hydrogen-bond acceptors (Lipinski definition) is 3. The number of carbonyl (C=O) groups is 2. The third-order valence-electron chi connectivity index (χ3n) is 1.57. The fourth-order valence-electron chi connectivity index (χ4n) is 0.734. The maximum atomic E-state index is 11.0. The minimum atomic E-state index is -1.03. The van der Waals surface area contributed by atoms with E-state index in [2.05, 4.69) is 5.32 Å². The zero-order valence-corrected chi connectivity index (χ0v) is 7.91. The normalized spacial score (nSPS) is 14.7. The number of amides is 1. The Morgan fingerprint density at radius 3 is 2.38 bits per heavy atom. The maximum Gasteiger partial charge on any atom is 0.325 e. The van der Waals surface area contributed by atoms with Gasteiger partial charge < -0.3 is 16.2 Å². The van der Waals surface area contributed by atoms with Crippen molar-refractivity contribution in [3.05, 3.63) is 0 Å². The van der Waals surface area contributed by atoms with Crippen LogP contribution in [-0.4, -0.2) is 29.1 Å². The molecule has 2 atom stereocenters. The lowest BCUT2D eigenvalue weighted by Gasteiger charge is -2.09. The van der Waals surface area contributed by atoms with Crippen LogP contribution in [0.4, 0.5) is 0 Å². The van der Waals surface area contributed by atoms with Gasteiger partial charge in [0.15, 0.2) is 0 Å². The quantitative estimate of drug-likeness (QED) is 0.552. The maximum absolute atomic E-state index is 11.0. The summed E-state index contributed by atoms with van der Waals surface area (Å²) in [6.45, 7) is 3.22. The number of hydrogen-bond donors (Lipinski definition) is 3. The second-order valence-electron chi connectivity index (χ2n) is 3.14. The first kappa shape index (κ1) is 11.9. The fourth-order valence-corrected chi connectivity index (χ4v) is 0.734. The van der Waals surface area contributed by atoms with Crippen LogP contribution < -0.4 is 11.1 Å². The smallest absolute Gasteiger partial charge is 0.325 e. The van der Waals surface area contributed by atoms with E-state index in [0.717, 1.165) is 0 Å². The fraction of sp³-hybridized carbons (Fsp3) is 0.750. The van der Waals surface area contributed by atoms with Crippen LogP contribution in [-0.2, 0) is 9.59 Å². The number of carbonyl (C=O) groups excluding carboxylic acids is 1. The molecule has 0 aliphatic carbocycles. The molecule has 5 nitrogen and oxygen atoms in total. The molecule has 4 N–H and O–H groups in total. The lowest BCUT2D eigenvalue weighted by atomic mass is 10.2. The molecular weight excluding hydrogens is 172 g/mol. The molecule has 76 valence electrons. The SMILES string of the molecule is CC(N)CCC(=O)NC(C)C(=O)O. The van der Waals surface area contributed by atoms with Crippen molar-refractivity contribution in [2.45, 2.75) is 38.8 Å². The monoisotopic (exact) mass is 188 g/mol. The Bertz CT molecular complexity index is 192. The topological polar surface area (TPSA) is 92.4 Å². The van der Waals surface area contributed by atoms with E-state index in [1.54, 1.807) is 6.92 Å². The van der Waals surface area contributed by atoms with Gasteiger partial charge in [-0.25, -0.2) is 0 Å². The number of nitrogens with one attached hydrogen (secondary N) is 1. The van der Waals surface area contributed by atoms with Crippen LogP contribution in [0.25, 0.3) is 0 Å². The number of rotatable bonds is 5. The Morgan fingerprint density at radius 1 is 1.46 bits per heavy atom. The zero-order valence-electron chi connectivity index (χ0n) is 7.91. The lowest BCUT2D eigenvalue weighted by Crippen LogP contribution is -2.38. The Hall–Kier alpha value is -1.10. The summed E-state index contributed by atoms with van der Waals surface area (Å²) in [7, 11) is 0. The predicted molar refractivity (Wildman–Crippen MR) is 48.1 cm³/mol. The Labute approximate surface area is 77.3 Å². The van der Waals surface area contributed by atoms with E-state index >= 15 is 0 Å². The summed E-state index contributed by atoms with van der Waals surface area (Å²) in [6, 6.07) is -0.869. The Morgan fingerprint density at radius 2 is 2.00 bits per heavy atom. The highest BCUT2D eigenvalue weighted by atomic mass is 16.4. The van der Waals surface area contributed by atoms with E-state index in [0.29, 0.717) is 6.42 Å². The molecule has 0 aromatic rings. The molecule has 0 bridgehead atoms. The number of carboxylic acid groups (broad SMARTS) is 1. The zero-order chi connectivity index (χ0) is 10.4. The van der Waals surface area contributed by atoms with Gasteiger partial charge in [-0.1, -0.05) is 0 Å². The summed E-state index contributed by atoms with van der Waals surface area (Å²) in [4.78, 5) is 21.4. The molecule has 0 aromatic carbocycles. The van der Waals surface area contributed by atoms with E-state index in [9.17, 15) is 9.59 Å². The lowest BCUT2D eigenvalue weighted by molar-refractivity contribution is -0.141. The summed E-state index contributed by atoms with van der Waals surface area (Å²) in [5.41, 5.74) is 5.43. The van der Waals surface area contributed by atoms with Crippen molar-refractivity contribution >= 4 is 11.9 Å². The van der Waals surface area contributed by atoms with Gasteiger partial charge in [0.05, 0.1) is 0 Å². The first-order valence-electron chi connectivity index (χ1n) is 4.21. The molecule has 2 unspecified atom stereocenters. The summed E-state index contributed by atoms with van der Waals surface area (Å²) in [6.07, 6.45) is 0.841. The highest BCUT2D eigenvalue weighted by molar-refractivity contribution is 5.83. The Kier molecular flexibility index (Phi) is 5.06. The van der Waals surface area contributed by atoms with Crippen molar-refractivity contribution in [1.82, 2.24) is 5.32 Å². The van der Waals surface area contributed by atoms with Crippen LogP contribution in [0.5, 0.6) is 0 Å². The summed E-state index contributed by atoms with van der Waals surface area (Å²) >= 11 is 0. The molecule has 0 aliphatic rings. The van der Waals surface area contributed by atoms with Gasteiger partial charge in [-0.05, 0) is 20.3 Å². The van der Waals surface area contributed by atoms with Gasteiger partial charge in [-0.15, -0.1) is 0 Å². The molecule has 0 rings (SSSR count). The van der Waals surface area contributed by atoms with Crippen molar-refractivity contribution in [2.24, 2.45) is 5.73 Å². The highest BCUT2D eigenvalue weighted by Crippen LogP contribution is 1.94. The highest BCUT2D eigenvalue weighted by Gasteiger charge is 2.13. The van der Waals surface area contributed by atoms with Gasteiger partial charge in [0.1, 0.15) is 6.04 Å². The van der Waals surface area contributed by atoms with Gasteiger partial charge in [0, 0.05) is 12.5 Å². The van der Waals surface area contributed by atoms with Crippen molar-refractivity contribution in [1.29, 1.82) is 0 Å². The third kappa shape index (κ3) is 6.10. The molecule has 1 amide bonds. The van der Waals surface area contributed by atoms with Crippen LogP contribution in [0.1, 0.15) is 26.7 Å². The first-order valence-corrected chi connectivity index (χ1v) is 4.21. The van der Waals surface area contributed by atoms with Crippen molar-refractivity contribution in [2.75, 3.05) is 0 Å². The van der Waals surface area contributed by atoms with Crippen LogP contribution in [0.15, 0.2) is 0 Å². The molecule has 0 aliphatic heterocycles. The Balaban J connectivity index is 3.68.